The first-order chi connectivity index (χ1) is 24.2. The molecule has 4 nitrogen and oxygen atoms in total. The maximum Gasteiger partial charge on any atom is 0.164 e. The highest BCUT2D eigenvalue weighted by atomic mass is 16.3. The molecule has 2 aromatic heterocycles. The van der Waals surface area contributed by atoms with Gasteiger partial charge in [0, 0.05) is 33.4 Å². The second kappa shape index (κ2) is 11.4. The highest BCUT2D eigenvalue weighted by Gasteiger charge is 2.24. The zero-order valence-electron chi connectivity index (χ0n) is 27.1. The van der Waals surface area contributed by atoms with Crippen LogP contribution in [0.3, 0.4) is 0 Å². The lowest BCUT2D eigenvalue weighted by Gasteiger charge is -2.24. The molecule has 0 fully saturated rings. The van der Waals surface area contributed by atoms with Crippen LogP contribution < -0.4 is 0 Å². The molecule has 0 N–H and O–H groups in total. The van der Waals surface area contributed by atoms with Crippen LogP contribution >= 0.6 is 0 Å². The molecule has 4 heteroatoms. The summed E-state index contributed by atoms with van der Waals surface area (Å²) in [6, 6.07) is 34.3. The monoisotopic (exact) mass is 631 g/mol. The Kier molecular flexibility index (Phi) is 6.54. The SMILES string of the molecule is C1=CC2=C(C=CC(c3cc(-c4nc(-c5ccc6c(c5)CCC=C6)nc(-c5ccc6ccccc6c5)n4)c4c(c3)oc3ccccc34)C2)CC1. The van der Waals surface area contributed by atoms with E-state index in [-0.39, 0.29) is 5.92 Å². The Hall–Kier alpha value is -5.87. The second-order valence-corrected chi connectivity index (χ2v) is 13.4. The van der Waals surface area contributed by atoms with Gasteiger partial charge in [-0.1, -0.05) is 103 Å². The van der Waals surface area contributed by atoms with Gasteiger partial charge in [-0.2, -0.15) is 0 Å². The lowest BCUT2D eigenvalue weighted by Crippen LogP contribution is -2.06. The van der Waals surface area contributed by atoms with E-state index in [4.69, 9.17) is 19.4 Å². The van der Waals surface area contributed by atoms with Gasteiger partial charge in [0.2, 0.25) is 0 Å². The van der Waals surface area contributed by atoms with Crippen LogP contribution in [-0.4, -0.2) is 15.0 Å². The van der Waals surface area contributed by atoms with Crippen LogP contribution in [-0.2, 0) is 6.42 Å². The van der Waals surface area contributed by atoms with E-state index in [0.717, 1.165) is 76.1 Å². The smallest absolute Gasteiger partial charge is 0.164 e. The number of nitrogens with zero attached hydrogens (tertiary/aromatic N) is 3. The summed E-state index contributed by atoms with van der Waals surface area (Å²) >= 11 is 0. The largest absolute Gasteiger partial charge is 0.456 e. The lowest BCUT2D eigenvalue weighted by atomic mass is 9.81. The molecule has 7 aromatic rings. The van der Waals surface area contributed by atoms with Crippen molar-refractivity contribution in [3.8, 4) is 34.2 Å². The number of para-hydroxylation sites is 1. The Labute approximate surface area is 284 Å². The number of aryl methyl sites for hydroxylation is 1. The first-order valence-electron chi connectivity index (χ1n) is 17.3. The van der Waals surface area contributed by atoms with E-state index in [1.807, 2.05) is 12.1 Å². The van der Waals surface area contributed by atoms with Gasteiger partial charge in [0.1, 0.15) is 11.2 Å². The van der Waals surface area contributed by atoms with E-state index in [1.165, 1.54) is 33.2 Å². The van der Waals surface area contributed by atoms with Crippen LogP contribution in [0.15, 0.2) is 143 Å². The van der Waals surface area contributed by atoms with Crippen molar-refractivity contribution < 1.29 is 4.42 Å². The molecule has 0 radical (unpaired) electrons. The summed E-state index contributed by atoms with van der Waals surface area (Å²) in [6.07, 6.45) is 19.1. The molecule has 49 heavy (non-hydrogen) atoms. The highest BCUT2D eigenvalue weighted by Crippen LogP contribution is 2.42. The standard InChI is InChI=1S/C45H33N3O/c1-4-12-31-23-34(20-17-28(31)9-1)37-26-39(42-38-15-7-8-16-40(38)49-41(42)27-37)45-47-43(35-21-18-29-10-2-5-13-32(29)24-35)46-44(48-45)36-22-19-30-11-3-6-14-33(30)25-36/h2-5,7-8,10-13,15-22,24-27,34H,1,6,9,14,23H2. The molecule has 0 aliphatic heterocycles. The zero-order valence-corrected chi connectivity index (χ0v) is 27.1. The minimum Gasteiger partial charge on any atom is -0.456 e. The zero-order chi connectivity index (χ0) is 32.3. The van der Waals surface area contributed by atoms with Gasteiger partial charge < -0.3 is 4.42 Å². The van der Waals surface area contributed by atoms with Gasteiger partial charge in [-0.15, -0.1) is 0 Å². The van der Waals surface area contributed by atoms with Crippen LogP contribution in [0.4, 0.5) is 0 Å². The van der Waals surface area contributed by atoms with E-state index >= 15 is 0 Å². The van der Waals surface area contributed by atoms with Crippen molar-refractivity contribution in [1.29, 1.82) is 0 Å². The van der Waals surface area contributed by atoms with Crippen LogP contribution in [0.2, 0.25) is 0 Å². The molecule has 3 aliphatic rings. The van der Waals surface area contributed by atoms with Crippen LogP contribution in [0.25, 0.3) is 73.0 Å². The van der Waals surface area contributed by atoms with Gasteiger partial charge in [-0.3, -0.25) is 0 Å². The number of fused-ring (bicyclic) bond motifs is 5. The summed E-state index contributed by atoms with van der Waals surface area (Å²) in [5.74, 6) is 2.22. The fourth-order valence-electron chi connectivity index (χ4n) is 7.81. The highest BCUT2D eigenvalue weighted by molar-refractivity contribution is 6.12. The Bertz CT molecular complexity index is 2600. The quantitative estimate of drug-likeness (QED) is 0.194. The Morgan fingerprint density at radius 1 is 0.592 bits per heavy atom. The third-order valence-corrected chi connectivity index (χ3v) is 10.4. The Balaban J connectivity index is 1.21. The molecule has 1 atom stereocenters. The second-order valence-electron chi connectivity index (χ2n) is 13.4. The van der Waals surface area contributed by atoms with E-state index in [0.29, 0.717) is 17.5 Å². The van der Waals surface area contributed by atoms with Gasteiger partial charge in [-0.25, -0.2) is 15.0 Å². The number of rotatable bonds is 4. The summed E-state index contributed by atoms with van der Waals surface area (Å²) in [5.41, 5.74) is 11.4. The maximum atomic E-state index is 6.57. The van der Waals surface area contributed by atoms with Crippen LogP contribution in [0, 0.1) is 0 Å². The third-order valence-electron chi connectivity index (χ3n) is 10.4. The van der Waals surface area contributed by atoms with Crippen LogP contribution in [0.5, 0.6) is 0 Å². The van der Waals surface area contributed by atoms with Gasteiger partial charge in [0.15, 0.2) is 17.5 Å². The van der Waals surface area contributed by atoms with Crippen molar-refractivity contribution in [2.75, 3.05) is 0 Å². The number of aromatic nitrogens is 3. The number of hydrogen-bond acceptors (Lipinski definition) is 4. The molecule has 5 aromatic carbocycles. The molecule has 0 spiro atoms. The summed E-state index contributed by atoms with van der Waals surface area (Å²) in [7, 11) is 0. The minimum absolute atomic E-state index is 0.229. The lowest BCUT2D eigenvalue weighted by molar-refractivity contribution is 0.667. The molecule has 2 heterocycles. The normalized spacial score (nSPS) is 16.9. The maximum absolute atomic E-state index is 6.57. The third kappa shape index (κ3) is 4.95. The van der Waals surface area contributed by atoms with Gasteiger partial charge >= 0.3 is 0 Å². The molecule has 0 saturated heterocycles. The molecule has 0 saturated carbocycles. The fourth-order valence-corrected chi connectivity index (χ4v) is 7.81. The molecule has 0 amide bonds. The molecular formula is C45H33N3O. The first-order valence-corrected chi connectivity index (χ1v) is 17.3. The molecule has 10 rings (SSSR count). The van der Waals surface area contributed by atoms with Crippen molar-refractivity contribution in [2.24, 2.45) is 0 Å². The summed E-state index contributed by atoms with van der Waals surface area (Å²) in [6.45, 7) is 0. The van der Waals surface area contributed by atoms with Crippen molar-refractivity contribution in [1.82, 2.24) is 15.0 Å². The van der Waals surface area contributed by atoms with Gasteiger partial charge in [0.05, 0.1) is 0 Å². The Morgan fingerprint density at radius 3 is 2.31 bits per heavy atom. The van der Waals surface area contributed by atoms with Crippen molar-refractivity contribution in [2.45, 2.75) is 38.0 Å². The predicted octanol–water partition coefficient (Wildman–Crippen LogP) is 11.6. The van der Waals surface area contributed by atoms with E-state index in [2.05, 4.69) is 121 Å². The minimum atomic E-state index is 0.229. The van der Waals surface area contributed by atoms with Gasteiger partial charge in [-0.05, 0) is 101 Å². The molecule has 234 valence electrons. The van der Waals surface area contributed by atoms with Crippen molar-refractivity contribution >= 4 is 38.8 Å². The van der Waals surface area contributed by atoms with E-state index in [9.17, 15) is 0 Å². The number of allylic oxidation sites excluding steroid dienone is 7. The molecule has 3 aliphatic carbocycles. The first kappa shape index (κ1) is 28.2. The molecular weight excluding hydrogens is 599 g/mol. The average Bonchev–Trinajstić information content (AvgIpc) is 3.55. The van der Waals surface area contributed by atoms with E-state index < -0.39 is 0 Å². The summed E-state index contributed by atoms with van der Waals surface area (Å²) < 4.78 is 6.57. The van der Waals surface area contributed by atoms with Gasteiger partial charge in [0.25, 0.3) is 0 Å². The topological polar surface area (TPSA) is 51.8 Å². The predicted molar refractivity (Wildman–Crippen MR) is 200 cm³/mol. The average molecular weight is 632 g/mol. The molecule has 0 bridgehead atoms. The van der Waals surface area contributed by atoms with E-state index in [1.54, 1.807) is 0 Å². The van der Waals surface area contributed by atoms with Crippen molar-refractivity contribution in [3.63, 3.8) is 0 Å². The number of hydrogen-bond donors (Lipinski definition) is 0. The Morgan fingerprint density at radius 2 is 1.37 bits per heavy atom. The number of benzene rings is 5. The molecule has 1 unspecified atom stereocenters. The number of furan rings is 1. The summed E-state index contributed by atoms with van der Waals surface area (Å²) in [5, 5.41) is 4.44. The van der Waals surface area contributed by atoms with Crippen LogP contribution in [0.1, 0.15) is 48.3 Å². The fraction of sp³-hybridized carbons (Fsp3) is 0.133. The van der Waals surface area contributed by atoms with Crippen molar-refractivity contribution in [3.05, 3.63) is 155 Å². The summed E-state index contributed by atoms with van der Waals surface area (Å²) in [4.78, 5) is 15.7.